The number of fused-ring (bicyclic) bond motifs is 2. The second-order valence-corrected chi connectivity index (χ2v) is 7.58. The molecule has 31 heavy (non-hydrogen) atoms. The molecule has 0 radical (unpaired) electrons. The van der Waals surface area contributed by atoms with E-state index in [0.29, 0.717) is 24.7 Å². The molecule has 3 aromatic heterocycles. The molecule has 0 aliphatic heterocycles. The zero-order valence-corrected chi connectivity index (χ0v) is 17.3. The van der Waals surface area contributed by atoms with E-state index >= 15 is 0 Å². The van der Waals surface area contributed by atoms with E-state index in [-0.39, 0.29) is 0 Å². The predicted octanol–water partition coefficient (Wildman–Crippen LogP) is 4.28. The van der Waals surface area contributed by atoms with Gasteiger partial charge in [-0.1, -0.05) is 6.07 Å². The second-order valence-electron chi connectivity index (χ2n) is 7.58. The van der Waals surface area contributed by atoms with Gasteiger partial charge in [-0.15, -0.1) is 0 Å². The van der Waals surface area contributed by atoms with Gasteiger partial charge in [0.15, 0.2) is 0 Å². The molecular weight excluding hydrogens is 388 g/mol. The Morgan fingerprint density at radius 3 is 2.81 bits per heavy atom. The lowest BCUT2D eigenvalue weighted by Gasteiger charge is -2.09. The molecule has 0 amide bonds. The lowest BCUT2D eigenvalue weighted by atomic mass is 10.1. The maximum absolute atomic E-state index is 6.22. The van der Waals surface area contributed by atoms with Gasteiger partial charge >= 0.3 is 0 Å². The van der Waals surface area contributed by atoms with Gasteiger partial charge in [0, 0.05) is 53.5 Å². The Kier molecular flexibility index (Phi) is 4.92. The summed E-state index contributed by atoms with van der Waals surface area (Å²) in [5, 5.41) is 5.63. The molecule has 5 rings (SSSR count). The molecule has 0 aliphatic rings. The summed E-state index contributed by atoms with van der Waals surface area (Å²) < 4.78 is 5.34. The number of aromatic nitrogens is 4. The van der Waals surface area contributed by atoms with Gasteiger partial charge in [0.05, 0.1) is 7.11 Å². The molecule has 0 fully saturated rings. The van der Waals surface area contributed by atoms with Crippen molar-refractivity contribution in [1.82, 2.24) is 19.9 Å². The second kappa shape index (κ2) is 8.02. The molecule has 5 N–H and O–H groups in total. The molecule has 0 unspecified atom stereocenters. The highest BCUT2D eigenvalue weighted by molar-refractivity contribution is 5.84. The van der Waals surface area contributed by atoms with Crippen LogP contribution >= 0.6 is 0 Å². The number of nitrogen functional groups attached to an aromatic ring is 1. The number of hydrogen-bond acceptors (Lipinski definition) is 5. The number of aromatic amines is 2. The van der Waals surface area contributed by atoms with Crippen LogP contribution in [0.4, 0.5) is 11.8 Å². The number of hydrogen-bond donors (Lipinski definition) is 4. The molecule has 7 nitrogen and oxygen atoms in total. The number of methoxy groups -OCH3 is 1. The van der Waals surface area contributed by atoms with E-state index in [0.717, 1.165) is 34.2 Å². The quantitative estimate of drug-likeness (QED) is 0.319. The third-order valence-corrected chi connectivity index (χ3v) is 5.56. The van der Waals surface area contributed by atoms with Crippen LogP contribution in [0.1, 0.15) is 16.7 Å². The number of nitrogens with zero attached hydrogens (tertiary/aromatic N) is 2. The molecule has 156 valence electrons. The fourth-order valence-electron chi connectivity index (χ4n) is 3.87. The summed E-state index contributed by atoms with van der Waals surface area (Å²) in [7, 11) is 1.68. The van der Waals surface area contributed by atoms with Crippen molar-refractivity contribution in [3.63, 3.8) is 0 Å². The van der Waals surface area contributed by atoms with Crippen molar-refractivity contribution < 1.29 is 4.74 Å². The third-order valence-electron chi connectivity index (χ3n) is 5.56. The van der Waals surface area contributed by atoms with Crippen LogP contribution in [0.5, 0.6) is 5.75 Å². The zero-order valence-electron chi connectivity index (χ0n) is 17.3. The Hall–Kier alpha value is -4.00. The maximum atomic E-state index is 6.22. The SMILES string of the molecule is COc1ccc2[nH]cc(CCNc3ncc(Cc4ccc5[nH]ccc5c4)c(N)n3)c2c1. The van der Waals surface area contributed by atoms with E-state index in [4.69, 9.17) is 10.5 Å². The molecule has 0 saturated carbocycles. The van der Waals surface area contributed by atoms with Gasteiger partial charge in [0.25, 0.3) is 0 Å². The van der Waals surface area contributed by atoms with Crippen molar-refractivity contribution >= 4 is 33.6 Å². The topological polar surface area (TPSA) is 105 Å². The van der Waals surface area contributed by atoms with Crippen LogP contribution in [0.2, 0.25) is 0 Å². The number of H-pyrrole nitrogens is 2. The van der Waals surface area contributed by atoms with Gasteiger partial charge in [-0.2, -0.15) is 4.98 Å². The number of anilines is 2. The molecule has 7 heteroatoms. The van der Waals surface area contributed by atoms with Crippen molar-refractivity contribution in [3.05, 3.63) is 77.7 Å². The van der Waals surface area contributed by atoms with Crippen molar-refractivity contribution in [2.24, 2.45) is 0 Å². The first-order valence-electron chi connectivity index (χ1n) is 10.2. The summed E-state index contributed by atoms with van der Waals surface area (Å²) in [5.74, 6) is 1.90. The van der Waals surface area contributed by atoms with E-state index in [2.05, 4.69) is 55.6 Å². The molecule has 2 aromatic carbocycles. The van der Waals surface area contributed by atoms with Crippen LogP contribution < -0.4 is 15.8 Å². The van der Waals surface area contributed by atoms with E-state index in [1.54, 1.807) is 7.11 Å². The highest BCUT2D eigenvalue weighted by atomic mass is 16.5. The normalized spacial score (nSPS) is 11.3. The van der Waals surface area contributed by atoms with Crippen LogP contribution in [0.25, 0.3) is 21.8 Å². The van der Waals surface area contributed by atoms with E-state index in [1.807, 2.05) is 30.7 Å². The summed E-state index contributed by atoms with van der Waals surface area (Å²) in [6.45, 7) is 0.701. The van der Waals surface area contributed by atoms with Crippen molar-refractivity contribution in [1.29, 1.82) is 0 Å². The average molecular weight is 412 g/mol. The Labute approximate surface area is 179 Å². The maximum Gasteiger partial charge on any atom is 0.224 e. The first-order chi connectivity index (χ1) is 15.2. The van der Waals surface area contributed by atoms with Gasteiger partial charge < -0.3 is 25.8 Å². The smallest absolute Gasteiger partial charge is 0.224 e. The summed E-state index contributed by atoms with van der Waals surface area (Å²) >= 11 is 0. The van der Waals surface area contributed by atoms with Crippen LogP contribution in [0.15, 0.2) is 61.1 Å². The minimum absolute atomic E-state index is 0.503. The van der Waals surface area contributed by atoms with Crippen LogP contribution in [-0.2, 0) is 12.8 Å². The average Bonchev–Trinajstić information content (AvgIpc) is 3.42. The Balaban J connectivity index is 1.24. The number of nitrogens with two attached hydrogens (primary N) is 1. The number of benzene rings is 2. The lowest BCUT2D eigenvalue weighted by molar-refractivity contribution is 0.415. The fraction of sp³-hybridized carbons (Fsp3) is 0.167. The number of nitrogens with one attached hydrogen (secondary N) is 3. The number of rotatable bonds is 7. The van der Waals surface area contributed by atoms with Crippen molar-refractivity contribution in [2.75, 3.05) is 24.7 Å². The van der Waals surface area contributed by atoms with E-state index < -0.39 is 0 Å². The Morgan fingerprint density at radius 2 is 1.94 bits per heavy atom. The standard InChI is InChI=1S/C24H24N6O/c1-31-19-3-5-22-20(12-19)17(13-28-22)7-9-27-24-29-14-18(23(25)30-24)11-15-2-4-21-16(10-15)6-8-26-21/h2-6,8,10,12-14,26,28H,7,9,11H2,1H3,(H3,25,27,29,30). The molecule has 3 heterocycles. The van der Waals surface area contributed by atoms with Crippen molar-refractivity contribution in [3.8, 4) is 5.75 Å². The highest BCUT2D eigenvalue weighted by Gasteiger charge is 2.08. The monoisotopic (exact) mass is 412 g/mol. The Morgan fingerprint density at radius 1 is 1.03 bits per heavy atom. The Bertz CT molecular complexity index is 1350. The zero-order chi connectivity index (χ0) is 21.2. The molecular formula is C24H24N6O. The van der Waals surface area contributed by atoms with Gasteiger partial charge in [0.2, 0.25) is 5.95 Å². The van der Waals surface area contributed by atoms with Crippen LogP contribution in [0.3, 0.4) is 0 Å². The van der Waals surface area contributed by atoms with E-state index in [9.17, 15) is 0 Å². The number of ether oxygens (including phenoxy) is 1. The van der Waals surface area contributed by atoms with Crippen LogP contribution in [-0.4, -0.2) is 33.6 Å². The summed E-state index contributed by atoms with van der Waals surface area (Å²) in [6.07, 6.45) is 7.31. The minimum Gasteiger partial charge on any atom is -0.497 e. The lowest BCUT2D eigenvalue weighted by Crippen LogP contribution is -2.10. The van der Waals surface area contributed by atoms with Gasteiger partial charge in [-0.25, -0.2) is 4.98 Å². The van der Waals surface area contributed by atoms with Gasteiger partial charge in [0.1, 0.15) is 11.6 Å². The molecule has 0 bridgehead atoms. The van der Waals surface area contributed by atoms with Crippen LogP contribution in [0, 0.1) is 0 Å². The first-order valence-corrected chi connectivity index (χ1v) is 10.2. The largest absolute Gasteiger partial charge is 0.497 e. The third kappa shape index (κ3) is 3.90. The molecule has 0 aliphatic carbocycles. The predicted molar refractivity (Wildman–Crippen MR) is 125 cm³/mol. The molecule has 0 atom stereocenters. The summed E-state index contributed by atoms with van der Waals surface area (Å²) in [6, 6.07) is 14.4. The summed E-state index contributed by atoms with van der Waals surface area (Å²) in [5.41, 5.74) is 11.8. The molecule has 0 spiro atoms. The fourth-order valence-corrected chi connectivity index (χ4v) is 3.87. The highest BCUT2D eigenvalue weighted by Crippen LogP contribution is 2.24. The van der Waals surface area contributed by atoms with Crippen molar-refractivity contribution in [2.45, 2.75) is 12.8 Å². The minimum atomic E-state index is 0.503. The van der Waals surface area contributed by atoms with Gasteiger partial charge in [-0.3, -0.25) is 0 Å². The molecule has 0 saturated heterocycles. The summed E-state index contributed by atoms with van der Waals surface area (Å²) in [4.78, 5) is 15.4. The van der Waals surface area contributed by atoms with E-state index in [1.165, 1.54) is 16.5 Å². The molecule has 5 aromatic rings. The first kappa shape index (κ1) is 19.0. The van der Waals surface area contributed by atoms with Gasteiger partial charge in [-0.05, 0) is 59.3 Å².